The van der Waals surface area contributed by atoms with Gasteiger partial charge in [-0.05, 0) is 37.7 Å². The van der Waals surface area contributed by atoms with E-state index in [1.807, 2.05) is 0 Å². The van der Waals surface area contributed by atoms with Gasteiger partial charge in [-0.15, -0.1) is 0 Å². The molecule has 1 saturated heterocycles. The van der Waals surface area contributed by atoms with Crippen molar-refractivity contribution in [3.63, 3.8) is 0 Å². The third-order valence-electron chi connectivity index (χ3n) is 5.79. The van der Waals surface area contributed by atoms with Crippen molar-refractivity contribution in [1.82, 2.24) is 0 Å². The summed E-state index contributed by atoms with van der Waals surface area (Å²) < 4.78 is 10.7. The van der Waals surface area contributed by atoms with Gasteiger partial charge in [0.1, 0.15) is 18.3 Å². The van der Waals surface area contributed by atoms with Crippen LogP contribution in [-0.2, 0) is 24.0 Å². The number of carbonyl (C=O) groups excluding carboxylic acids is 2. The molecule has 0 bridgehead atoms. The lowest BCUT2D eigenvalue weighted by atomic mass is 9.52. The van der Waals surface area contributed by atoms with Gasteiger partial charge in [-0.1, -0.05) is 13.2 Å². The maximum absolute atomic E-state index is 11.9. The van der Waals surface area contributed by atoms with Crippen molar-refractivity contribution in [2.75, 3.05) is 6.61 Å². The molecule has 6 heteroatoms. The summed E-state index contributed by atoms with van der Waals surface area (Å²) in [6.45, 7) is 9.36. The van der Waals surface area contributed by atoms with Crippen molar-refractivity contribution in [2.24, 2.45) is 11.3 Å². The minimum absolute atomic E-state index is 0.106. The van der Waals surface area contributed by atoms with Gasteiger partial charge in [0.15, 0.2) is 0 Å². The molecule has 1 heterocycles. The van der Waals surface area contributed by atoms with Crippen LogP contribution in [0.2, 0.25) is 0 Å². The Labute approximate surface area is 135 Å². The summed E-state index contributed by atoms with van der Waals surface area (Å²) in [6.07, 6.45) is 2.78. The number of rotatable bonds is 3. The Bertz CT molecular complexity index is 582. The molecule has 23 heavy (non-hydrogen) atoms. The van der Waals surface area contributed by atoms with Crippen LogP contribution in [0, 0.1) is 11.3 Å². The van der Waals surface area contributed by atoms with Gasteiger partial charge in [0.2, 0.25) is 0 Å². The van der Waals surface area contributed by atoms with Gasteiger partial charge < -0.3 is 9.47 Å². The zero-order valence-electron chi connectivity index (χ0n) is 13.3. The molecule has 1 N–H and O–H groups in total. The molecule has 126 valence electrons. The standard InChI is InChI=1S/C17H22O6/c1-10-5-4-6-16(9-21-12(3)18)8-14-13(7-17(10,16)23-20)11(2)15(19)22-14/h13-14,20H,1-2,4-9H2,3H3/t13-,14-,16-,17-/m1/s1. The van der Waals surface area contributed by atoms with Gasteiger partial charge in [-0.3, -0.25) is 10.1 Å². The smallest absolute Gasteiger partial charge is 0.334 e. The molecule has 0 aromatic rings. The second-order valence-electron chi connectivity index (χ2n) is 6.92. The number of carbonyl (C=O) groups is 2. The number of ether oxygens (including phenoxy) is 2. The highest BCUT2D eigenvalue weighted by Crippen LogP contribution is 2.60. The van der Waals surface area contributed by atoms with Crippen molar-refractivity contribution >= 4 is 11.9 Å². The Hall–Kier alpha value is -1.66. The number of esters is 2. The highest BCUT2D eigenvalue weighted by Gasteiger charge is 2.65. The quantitative estimate of drug-likeness (QED) is 0.282. The molecule has 6 nitrogen and oxygen atoms in total. The molecule has 3 fully saturated rings. The lowest BCUT2D eigenvalue weighted by Gasteiger charge is -2.56. The molecule has 3 aliphatic rings. The minimum Gasteiger partial charge on any atom is -0.465 e. The van der Waals surface area contributed by atoms with Gasteiger partial charge >= 0.3 is 11.9 Å². The summed E-state index contributed by atoms with van der Waals surface area (Å²) in [5.41, 5.74) is -0.511. The fourth-order valence-electron chi connectivity index (χ4n) is 4.54. The maximum Gasteiger partial charge on any atom is 0.334 e. The van der Waals surface area contributed by atoms with Crippen LogP contribution >= 0.6 is 0 Å². The topological polar surface area (TPSA) is 82.1 Å². The van der Waals surface area contributed by atoms with Gasteiger partial charge in [0.25, 0.3) is 0 Å². The first-order valence-electron chi connectivity index (χ1n) is 7.89. The predicted octanol–water partition coefficient (Wildman–Crippen LogP) is 2.40. The van der Waals surface area contributed by atoms with E-state index in [2.05, 4.69) is 13.2 Å². The highest BCUT2D eigenvalue weighted by molar-refractivity contribution is 5.91. The van der Waals surface area contributed by atoms with E-state index in [0.717, 1.165) is 18.4 Å². The molecule has 3 rings (SSSR count). The molecule has 2 aliphatic carbocycles. The van der Waals surface area contributed by atoms with Crippen molar-refractivity contribution in [3.05, 3.63) is 24.3 Å². The molecule has 1 aliphatic heterocycles. The van der Waals surface area contributed by atoms with Crippen LogP contribution in [0.1, 0.15) is 39.0 Å². The monoisotopic (exact) mass is 322 g/mol. The number of hydrogen-bond acceptors (Lipinski definition) is 6. The van der Waals surface area contributed by atoms with Crippen LogP contribution < -0.4 is 0 Å². The first kappa shape index (κ1) is 16.2. The average Bonchev–Trinajstić information content (AvgIpc) is 2.78. The lowest BCUT2D eigenvalue weighted by Crippen LogP contribution is -2.61. The summed E-state index contributed by atoms with van der Waals surface area (Å²) in [7, 11) is 0. The van der Waals surface area contributed by atoms with Gasteiger partial charge in [0, 0.05) is 23.8 Å². The fourth-order valence-corrected chi connectivity index (χ4v) is 4.54. The fraction of sp³-hybridized carbons (Fsp3) is 0.647. The third-order valence-corrected chi connectivity index (χ3v) is 5.79. The Morgan fingerprint density at radius 1 is 1.43 bits per heavy atom. The van der Waals surface area contributed by atoms with Gasteiger partial charge in [-0.2, -0.15) is 0 Å². The lowest BCUT2D eigenvalue weighted by molar-refractivity contribution is -0.363. The Balaban J connectivity index is 2.01. The summed E-state index contributed by atoms with van der Waals surface area (Å²) >= 11 is 0. The zero-order chi connectivity index (χ0) is 16.8. The molecule has 4 atom stereocenters. The van der Waals surface area contributed by atoms with E-state index in [-0.39, 0.29) is 18.6 Å². The van der Waals surface area contributed by atoms with Gasteiger partial charge in [-0.25, -0.2) is 9.68 Å². The van der Waals surface area contributed by atoms with Crippen LogP contribution in [0.25, 0.3) is 0 Å². The molecule has 0 unspecified atom stereocenters. The molecular formula is C17H22O6. The third kappa shape index (κ3) is 2.23. The Morgan fingerprint density at radius 3 is 2.83 bits per heavy atom. The normalized spacial score (nSPS) is 39.5. The van der Waals surface area contributed by atoms with Crippen LogP contribution in [-0.4, -0.2) is 35.5 Å². The molecule has 2 saturated carbocycles. The molecular weight excluding hydrogens is 300 g/mol. The van der Waals surface area contributed by atoms with Gasteiger partial charge in [0.05, 0.1) is 0 Å². The summed E-state index contributed by atoms with van der Waals surface area (Å²) in [4.78, 5) is 28.2. The number of hydrogen-bond donors (Lipinski definition) is 1. The molecule has 0 aromatic heterocycles. The molecule has 0 aromatic carbocycles. The summed E-state index contributed by atoms with van der Waals surface area (Å²) in [5.74, 6) is -1.01. The maximum atomic E-state index is 11.9. The molecule has 0 radical (unpaired) electrons. The van der Waals surface area contributed by atoms with Crippen molar-refractivity contribution in [2.45, 2.75) is 50.7 Å². The van der Waals surface area contributed by atoms with E-state index in [1.54, 1.807) is 0 Å². The van der Waals surface area contributed by atoms with Crippen LogP contribution in [0.5, 0.6) is 0 Å². The first-order valence-corrected chi connectivity index (χ1v) is 7.89. The second-order valence-corrected chi connectivity index (χ2v) is 6.92. The van der Waals surface area contributed by atoms with Crippen LogP contribution in [0.3, 0.4) is 0 Å². The van der Waals surface area contributed by atoms with E-state index in [0.29, 0.717) is 24.8 Å². The Kier molecular flexibility index (Phi) is 3.84. The number of fused-ring (bicyclic) bond motifs is 2. The second kappa shape index (κ2) is 5.46. The largest absolute Gasteiger partial charge is 0.465 e. The van der Waals surface area contributed by atoms with E-state index in [9.17, 15) is 14.8 Å². The predicted molar refractivity (Wildman–Crippen MR) is 80.2 cm³/mol. The average molecular weight is 322 g/mol. The highest BCUT2D eigenvalue weighted by atomic mass is 17.1. The summed E-state index contributed by atoms with van der Waals surface area (Å²) in [5, 5.41) is 9.79. The van der Waals surface area contributed by atoms with E-state index in [1.165, 1.54) is 6.92 Å². The Morgan fingerprint density at radius 2 is 2.17 bits per heavy atom. The summed E-state index contributed by atoms with van der Waals surface area (Å²) in [6, 6.07) is 0. The molecule has 0 amide bonds. The van der Waals surface area contributed by atoms with E-state index >= 15 is 0 Å². The van der Waals surface area contributed by atoms with E-state index < -0.39 is 23.0 Å². The van der Waals surface area contributed by atoms with Crippen molar-refractivity contribution < 1.29 is 29.2 Å². The van der Waals surface area contributed by atoms with Crippen LogP contribution in [0.4, 0.5) is 0 Å². The SMILES string of the molecule is C=C1C(=O)O[C@@H]2C[C@@]3(COC(C)=O)CCCC(=C)[C@]3(OO)C[C@H]12. The first-order chi connectivity index (χ1) is 10.8. The minimum atomic E-state index is -1.04. The van der Waals surface area contributed by atoms with Crippen molar-refractivity contribution in [1.29, 1.82) is 0 Å². The zero-order valence-corrected chi connectivity index (χ0v) is 13.3. The molecule has 0 spiro atoms. The van der Waals surface area contributed by atoms with E-state index in [4.69, 9.17) is 14.4 Å². The van der Waals surface area contributed by atoms with Crippen molar-refractivity contribution in [3.8, 4) is 0 Å². The van der Waals surface area contributed by atoms with Crippen LogP contribution in [0.15, 0.2) is 24.3 Å².